The molecule has 1 fully saturated rings. The molecular formula is C111H178O8. The van der Waals surface area contributed by atoms with Crippen molar-refractivity contribution in [3.8, 4) is 17.2 Å². The van der Waals surface area contributed by atoms with Gasteiger partial charge in [0.25, 0.3) is 0 Å². The number of carbonyl (C=O) groups is 1. The summed E-state index contributed by atoms with van der Waals surface area (Å²) in [6.45, 7) is 60.0. The van der Waals surface area contributed by atoms with Crippen molar-refractivity contribution in [1.82, 2.24) is 0 Å². The smallest absolute Gasteiger partial charge is 0.187 e. The van der Waals surface area contributed by atoms with Gasteiger partial charge in [0.2, 0.25) is 0 Å². The van der Waals surface area contributed by atoms with Gasteiger partial charge in [-0.2, -0.15) is 0 Å². The molecule has 2 aliphatic carbocycles. The first-order valence-electron chi connectivity index (χ1n) is 47.8. The lowest BCUT2D eigenvalue weighted by atomic mass is 9.70. The summed E-state index contributed by atoms with van der Waals surface area (Å²) in [5.41, 5.74) is 13.6. The molecular weight excluding hydrogens is 1460 g/mol. The number of Topliss-reactive ketones (excluding diaryl/α,β-unsaturated/α-hetero) is 1. The Balaban J connectivity index is 1.55. The van der Waals surface area contributed by atoms with Crippen LogP contribution in [0.15, 0.2) is 190 Å². The number of rotatable bonds is 62. The van der Waals surface area contributed by atoms with Gasteiger partial charge in [-0.1, -0.05) is 365 Å². The number of phenolic OH excluding ortho intramolecular Hbond substituents is 1. The van der Waals surface area contributed by atoms with Gasteiger partial charge in [-0.25, -0.2) is 0 Å². The lowest BCUT2D eigenvalue weighted by molar-refractivity contribution is -0.214. The molecule has 670 valence electrons. The molecule has 0 saturated carbocycles. The van der Waals surface area contributed by atoms with Crippen molar-refractivity contribution < 1.29 is 38.7 Å². The summed E-state index contributed by atoms with van der Waals surface area (Å²) in [5.74, 6) is 2.94. The van der Waals surface area contributed by atoms with Gasteiger partial charge >= 0.3 is 0 Å². The summed E-state index contributed by atoms with van der Waals surface area (Å²) in [5, 5.41) is 23.2. The van der Waals surface area contributed by atoms with E-state index in [0.717, 1.165) is 143 Å². The molecule has 0 aromatic heterocycles. The van der Waals surface area contributed by atoms with Gasteiger partial charge in [-0.05, 0) is 242 Å². The van der Waals surface area contributed by atoms with Gasteiger partial charge < -0.3 is 33.9 Å². The Hall–Kier alpha value is -5.77. The van der Waals surface area contributed by atoms with Crippen LogP contribution in [-0.4, -0.2) is 71.9 Å². The van der Waals surface area contributed by atoms with E-state index in [1.54, 1.807) is 20.3 Å². The van der Waals surface area contributed by atoms with Crippen LogP contribution in [-0.2, 0) is 25.4 Å². The van der Waals surface area contributed by atoms with Gasteiger partial charge in [0.15, 0.2) is 17.3 Å². The molecule has 1 saturated heterocycles. The summed E-state index contributed by atoms with van der Waals surface area (Å²) >= 11 is 0. The number of ether oxygens (including phenoxy) is 5. The highest BCUT2D eigenvalue weighted by Gasteiger charge is 2.49. The lowest BCUT2D eigenvalue weighted by Crippen LogP contribution is -2.51. The molecule has 0 bridgehead atoms. The van der Waals surface area contributed by atoms with Crippen LogP contribution in [0.3, 0.4) is 0 Å². The second-order valence-corrected chi connectivity index (χ2v) is 39.2. The fourth-order valence-electron chi connectivity index (χ4n) is 17.8. The van der Waals surface area contributed by atoms with Crippen LogP contribution < -0.4 is 9.47 Å². The zero-order chi connectivity index (χ0) is 88.1. The average Bonchev–Trinajstić information content (AvgIpc) is 1.70. The van der Waals surface area contributed by atoms with E-state index >= 15 is 4.79 Å². The Morgan fingerprint density at radius 3 is 1.47 bits per heavy atom. The minimum atomic E-state index is -1.03. The SMILES string of the molecule is C=C(C)[C@H](C)CCC(=C)[C@H](C)CC[C@@](C)(O)[C@@H]1CC[C@@H]([C@@](C)(CC[C@@H](C)C(=C)CC[C@H](C)C(=C)C)O[C@@H](CCCCCCCCCCCCCCCCCCCc2cc(OC)cc(OC)c2O)[C@@H](CCCCCCCC)O[C@H]2CC(C)(C)C(/C=C/C(C)=C/C=C/C(C)=C/C=C/C=C(C)/C=C/C=C(C)\C=C\C3=C(C)CCCC3(C)C)=C(C)C2=O)O1. The Morgan fingerprint density at radius 1 is 0.546 bits per heavy atom. The van der Waals surface area contributed by atoms with Crippen molar-refractivity contribution in [1.29, 1.82) is 0 Å². The maximum atomic E-state index is 15.3. The van der Waals surface area contributed by atoms with Crippen LogP contribution in [0.25, 0.3) is 0 Å². The second-order valence-electron chi connectivity index (χ2n) is 39.2. The third kappa shape index (κ3) is 39.7. The molecule has 0 spiro atoms. The molecule has 0 unspecified atom stereocenters. The second kappa shape index (κ2) is 56.2. The summed E-state index contributed by atoms with van der Waals surface area (Å²) in [4.78, 5) is 15.3. The van der Waals surface area contributed by atoms with Crippen molar-refractivity contribution >= 4 is 5.78 Å². The number of carbonyl (C=O) groups excluding carboxylic acids is 1. The van der Waals surface area contributed by atoms with Crippen LogP contribution in [0.4, 0.5) is 0 Å². The molecule has 3 aliphatic rings. The van der Waals surface area contributed by atoms with E-state index in [1.165, 1.54) is 179 Å². The van der Waals surface area contributed by atoms with E-state index in [2.05, 4.69) is 223 Å². The molecule has 1 aromatic rings. The minimum Gasteiger partial charge on any atom is -0.504 e. The standard InChI is InChI=1S/C111H178O8/c1-26-27-28-29-44-47-62-100(117-103-81-109(20,21)99(95(17)106(103)112)71-65-87(9)59-52-57-85(7)55-50-49-54-84(6)56-51-58-86(8)64-70-98-94(16)60-53-76-108(98,18)19)101(63-48-45-42-40-38-36-34-32-30-31-33-35-37-39-41-43-46-61-96-79-97(115-24)80-102(116-25)107(96)113)119-111(23,78-75-93(15)91(13)69-67-89(11)83(4)5)105-73-72-104(118-105)110(22,114)77-74-92(14)90(12)68-66-88(10)82(2)3/h49-52,54-59,64-65,70-71,79-80,88-89,92-93,100-101,103-105,113-114H,2,4,12-13,26-48,53,60-63,66-69,72-78,81H2,1,3,5-11,14-25H3/b50-49+,56-51+,57-52+,70-64+,71-65+,84-54+,85-55+,86-58-,87-59+/t88-,89+,92-,93-,100-,101+,103+,104+,105+,110-,111-/m1/s1. The first-order valence-corrected chi connectivity index (χ1v) is 47.8. The van der Waals surface area contributed by atoms with Gasteiger partial charge in [-0.15, -0.1) is 0 Å². The van der Waals surface area contributed by atoms with Crippen LogP contribution in [0.2, 0.25) is 0 Å². The van der Waals surface area contributed by atoms with Crippen molar-refractivity contribution in [2.45, 2.75) is 430 Å². The molecule has 2 N–H and O–H groups in total. The van der Waals surface area contributed by atoms with Gasteiger partial charge in [0.05, 0.1) is 49.8 Å². The molecule has 0 radical (unpaired) electrons. The molecule has 119 heavy (non-hydrogen) atoms. The third-order valence-corrected chi connectivity index (χ3v) is 27.3. The van der Waals surface area contributed by atoms with Gasteiger partial charge in [-0.3, -0.25) is 4.79 Å². The van der Waals surface area contributed by atoms with Crippen molar-refractivity contribution in [2.75, 3.05) is 14.2 Å². The van der Waals surface area contributed by atoms with Crippen molar-refractivity contribution in [3.05, 3.63) is 196 Å². The lowest BCUT2D eigenvalue weighted by Gasteiger charge is -2.44. The number of phenols is 1. The van der Waals surface area contributed by atoms with E-state index in [1.807, 2.05) is 19.9 Å². The summed E-state index contributed by atoms with van der Waals surface area (Å²) < 4.78 is 33.8. The predicted octanol–water partition coefficient (Wildman–Crippen LogP) is 32.3. The van der Waals surface area contributed by atoms with Crippen molar-refractivity contribution in [3.63, 3.8) is 0 Å². The molecule has 1 aliphatic heterocycles. The Bertz CT molecular complexity index is 3590. The molecule has 1 heterocycles. The van der Waals surface area contributed by atoms with E-state index in [0.29, 0.717) is 30.4 Å². The van der Waals surface area contributed by atoms with Crippen molar-refractivity contribution in [2.24, 2.45) is 34.5 Å². The van der Waals surface area contributed by atoms with E-state index in [4.69, 9.17) is 30.3 Å². The van der Waals surface area contributed by atoms with E-state index in [9.17, 15) is 10.2 Å². The Morgan fingerprint density at radius 2 is 0.992 bits per heavy atom. The highest BCUT2D eigenvalue weighted by atomic mass is 16.6. The quantitative estimate of drug-likeness (QED) is 0.0378. The van der Waals surface area contributed by atoms with E-state index in [-0.39, 0.29) is 58.6 Å². The normalized spacial score (nSPS) is 20.5. The fourth-order valence-corrected chi connectivity index (χ4v) is 17.8. The summed E-state index contributed by atoms with van der Waals surface area (Å²) in [6, 6.07) is 3.66. The molecule has 1 aromatic carbocycles. The number of aryl methyl sites for hydroxylation is 1. The maximum Gasteiger partial charge on any atom is 0.187 e. The fraction of sp³-hybridized carbons (Fsp3) is 0.667. The van der Waals surface area contributed by atoms with Gasteiger partial charge in [0.1, 0.15) is 11.9 Å². The molecule has 4 rings (SSSR count). The first-order chi connectivity index (χ1) is 56.5. The van der Waals surface area contributed by atoms with Gasteiger partial charge in [0, 0.05) is 11.6 Å². The van der Waals surface area contributed by atoms with Crippen LogP contribution in [0, 0.1) is 34.5 Å². The number of benzene rings is 1. The summed E-state index contributed by atoms with van der Waals surface area (Å²) in [7, 11) is 3.23. The monoisotopic (exact) mass is 1640 g/mol. The molecule has 8 heteroatoms. The Kier molecular flexibility index (Phi) is 49.8. The summed E-state index contributed by atoms with van der Waals surface area (Å²) in [6.07, 6.45) is 72.2. The Labute approximate surface area is 732 Å². The number of hydrogen-bond donors (Lipinski definition) is 2. The molecule has 0 amide bonds. The number of unbranched alkanes of at least 4 members (excludes halogenated alkanes) is 21. The predicted molar refractivity (Wildman–Crippen MR) is 515 cm³/mol. The number of allylic oxidation sites excluding steroid dienone is 25. The zero-order valence-corrected chi connectivity index (χ0v) is 80.4. The van der Waals surface area contributed by atoms with E-state index < -0.39 is 17.3 Å². The van der Waals surface area contributed by atoms with Crippen LogP contribution in [0.1, 0.15) is 388 Å². The van der Waals surface area contributed by atoms with Crippen LogP contribution >= 0.6 is 0 Å². The average molecular weight is 1640 g/mol. The molecule has 8 nitrogen and oxygen atoms in total. The number of aromatic hydroxyl groups is 1. The number of methoxy groups -OCH3 is 2. The number of hydrogen-bond acceptors (Lipinski definition) is 8. The number of ketones is 1. The highest BCUT2D eigenvalue weighted by Crippen LogP contribution is 2.46. The zero-order valence-electron chi connectivity index (χ0n) is 80.4. The van der Waals surface area contributed by atoms with Crippen LogP contribution in [0.5, 0.6) is 17.2 Å². The highest BCUT2D eigenvalue weighted by molar-refractivity contribution is 6.00. The maximum absolute atomic E-state index is 15.3. The number of aliphatic hydroxyl groups is 1. The molecule has 11 atom stereocenters. The largest absolute Gasteiger partial charge is 0.504 e. The first kappa shape index (κ1) is 106. The third-order valence-electron chi connectivity index (χ3n) is 27.3. The minimum absolute atomic E-state index is 0.0824. The topological polar surface area (TPSA) is 104 Å².